The zero-order chi connectivity index (χ0) is 33.9. The van der Waals surface area contributed by atoms with Crippen LogP contribution < -0.4 is 10.6 Å². The summed E-state index contributed by atoms with van der Waals surface area (Å²) in [5.74, 6) is -10.4. The Morgan fingerprint density at radius 1 is 0.957 bits per heavy atom. The van der Waals surface area contributed by atoms with Gasteiger partial charge < -0.3 is 20.8 Å². The Morgan fingerprint density at radius 2 is 1.57 bits per heavy atom. The molecule has 2 saturated carbocycles. The van der Waals surface area contributed by atoms with Crippen LogP contribution in [0.25, 0.3) is 0 Å². The Morgan fingerprint density at radius 3 is 2.15 bits per heavy atom. The van der Waals surface area contributed by atoms with Gasteiger partial charge in [0, 0.05) is 70.5 Å². The number of amides is 1. The molecule has 6 rings (SSSR count). The number of carbonyl (C=O) groups is 5. The number of hydrogen-bond acceptors (Lipinski definition) is 11. The highest BCUT2D eigenvalue weighted by Gasteiger charge is 2.69. The predicted molar refractivity (Wildman–Crippen MR) is 173 cm³/mol. The molecule has 2 aromatic carbocycles. The van der Waals surface area contributed by atoms with E-state index in [1.54, 1.807) is 14.1 Å². The van der Waals surface area contributed by atoms with E-state index in [1.807, 2.05) is 43.3 Å². The molecular weight excluding hydrogens is 602 g/mol. The van der Waals surface area contributed by atoms with Crippen molar-refractivity contribution in [1.82, 2.24) is 14.7 Å². The van der Waals surface area contributed by atoms with Crippen molar-refractivity contribution < 1.29 is 34.2 Å². The average Bonchev–Trinajstić information content (AvgIpc) is 3.01. The SMILES string of the molecule is CN(C)c1cc(CN2CCN(Cc3ccccc3)CC2)c(O)c2c1C[C@H]1C[C@H]3[C@H](N(C)C)C(=O)C(C(N)=O)C(=O)[C@@]3(O)C(=O)C1C2=O. The zero-order valence-corrected chi connectivity index (χ0v) is 27.3. The number of piperazine rings is 1. The maximum atomic E-state index is 14.3. The van der Waals surface area contributed by atoms with Gasteiger partial charge in [-0.1, -0.05) is 30.3 Å². The van der Waals surface area contributed by atoms with Crippen molar-refractivity contribution in [3.8, 4) is 5.75 Å². The first kappa shape index (κ1) is 33.0. The van der Waals surface area contributed by atoms with Gasteiger partial charge in [0.05, 0.1) is 17.5 Å². The van der Waals surface area contributed by atoms with Crippen LogP contribution in [0.15, 0.2) is 36.4 Å². The Balaban J connectivity index is 1.31. The monoisotopic (exact) mass is 645 g/mol. The first-order valence-corrected chi connectivity index (χ1v) is 16.1. The van der Waals surface area contributed by atoms with E-state index < -0.39 is 64.4 Å². The highest BCUT2D eigenvalue weighted by Crippen LogP contribution is 2.52. The molecule has 2 unspecified atom stereocenters. The summed E-state index contributed by atoms with van der Waals surface area (Å²) in [5.41, 5.74) is 5.85. The summed E-state index contributed by atoms with van der Waals surface area (Å²) in [4.78, 5) is 75.6. The molecule has 3 aliphatic carbocycles. The molecule has 0 spiro atoms. The number of anilines is 1. The van der Waals surface area contributed by atoms with Crippen molar-refractivity contribution in [2.24, 2.45) is 29.4 Å². The summed E-state index contributed by atoms with van der Waals surface area (Å²) in [7, 11) is 6.85. The second kappa shape index (κ2) is 12.2. The molecule has 1 aliphatic heterocycles. The highest BCUT2D eigenvalue weighted by atomic mass is 16.3. The number of ketones is 4. The highest BCUT2D eigenvalue weighted by molar-refractivity contribution is 6.32. The summed E-state index contributed by atoms with van der Waals surface area (Å²) in [6.07, 6.45) is 0.248. The Hall–Kier alpha value is -3.97. The molecule has 4 N–H and O–H groups in total. The Bertz CT molecular complexity index is 1630. The summed E-state index contributed by atoms with van der Waals surface area (Å²) >= 11 is 0. The van der Waals surface area contributed by atoms with Gasteiger partial charge in [0.1, 0.15) is 5.75 Å². The fourth-order valence-corrected chi connectivity index (χ4v) is 8.41. The number of aliphatic hydroxyl groups is 1. The number of likely N-dealkylation sites (N-methyl/N-ethyl adjacent to an activating group) is 1. The Labute approximate surface area is 274 Å². The van der Waals surface area contributed by atoms with Gasteiger partial charge in [-0.05, 0) is 50.0 Å². The predicted octanol–water partition coefficient (Wildman–Crippen LogP) is 0.251. The lowest BCUT2D eigenvalue weighted by Crippen LogP contribution is -2.74. The molecule has 3 fully saturated rings. The number of rotatable bonds is 7. The lowest BCUT2D eigenvalue weighted by atomic mass is 9.52. The zero-order valence-electron chi connectivity index (χ0n) is 27.3. The van der Waals surface area contributed by atoms with Crippen molar-refractivity contribution >= 4 is 34.7 Å². The molecule has 4 aliphatic rings. The van der Waals surface area contributed by atoms with Gasteiger partial charge >= 0.3 is 0 Å². The quantitative estimate of drug-likeness (QED) is 0.354. The minimum atomic E-state index is -2.74. The van der Waals surface area contributed by atoms with E-state index in [0.717, 1.165) is 38.4 Å². The normalized spacial score (nSPS) is 29.8. The van der Waals surface area contributed by atoms with E-state index in [9.17, 15) is 34.2 Å². The van der Waals surface area contributed by atoms with Crippen LogP contribution in [0.4, 0.5) is 5.69 Å². The molecule has 0 bridgehead atoms. The summed E-state index contributed by atoms with van der Waals surface area (Å²) < 4.78 is 0. The summed E-state index contributed by atoms with van der Waals surface area (Å²) in [6.45, 7) is 4.46. The standard InChI is InChI=1S/C35H43N5O7/c1-37(2)24-16-21(18-40-12-10-39(11-13-40)17-19-8-6-5-7-9-19)29(41)26-22(24)14-20-15-23-28(38(3)4)31(43)27(34(36)46)33(45)35(23,47)32(44)25(20)30(26)42/h5-9,16,20,23,25,27-28,41,47H,10-15,17-18H2,1-4H3,(H2,36,46)/t20-,23-,25?,27?,28-,35-/m0/s1. The molecule has 1 saturated heterocycles. The summed E-state index contributed by atoms with van der Waals surface area (Å²) in [6, 6.07) is 11.0. The third-order valence-corrected chi connectivity index (χ3v) is 10.7. The van der Waals surface area contributed by atoms with E-state index in [2.05, 4.69) is 21.9 Å². The molecule has 2 aromatic rings. The number of benzene rings is 2. The van der Waals surface area contributed by atoms with Crippen molar-refractivity contribution in [2.45, 2.75) is 37.6 Å². The molecule has 0 aromatic heterocycles. The van der Waals surface area contributed by atoms with Crippen molar-refractivity contribution in [2.75, 3.05) is 59.3 Å². The van der Waals surface area contributed by atoms with Crippen LogP contribution in [0.3, 0.4) is 0 Å². The lowest BCUT2D eigenvalue weighted by molar-refractivity contribution is -0.181. The minimum Gasteiger partial charge on any atom is -0.507 e. The van der Waals surface area contributed by atoms with E-state index in [1.165, 1.54) is 10.5 Å². The Kier molecular flexibility index (Phi) is 8.58. The number of phenols is 1. The topological polar surface area (TPSA) is 165 Å². The van der Waals surface area contributed by atoms with Gasteiger partial charge in [-0.2, -0.15) is 0 Å². The molecule has 1 heterocycles. The number of phenolic OH excluding ortho intramolecular Hbond substituents is 1. The van der Waals surface area contributed by atoms with Crippen LogP contribution in [0.1, 0.15) is 33.5 Å². The largest absolute Gasteiger partial charge is 0.507 e. The van der Waals surface area contributed by atoms with Gasteiger partial charge in [0.2, 0.25) is 5.91 Å². The van der Waals surface area contributed by atoms with Crippen molar-refractivity contribution in [3.05, 3.63) is 58.7 Å². The number of aromatic hydroxyl groups is 1. The molecule has 0 radical (unpaired) electrons. The first-order chi connectivity index (χ1) is 22.2. The smallest absolute Gasteiger partial charge is 0.235 e. The van der Waals surface area contributed by atoms with Gasteiger partial charge in [-0.3, -0.25) is 38.7 Å². The summed E-state index contributed by atoms with van der Waals surface area (Å²) in [5, 5.41) is 23.5. The number of hydrogen-bond donors (Lipinski definition) is 3. The second-order valence-corrected chi connectivity index (χ2v) is 14.0. The number of primary amides is 1. The second-order valence-electron chi connectivity index (χ2n) is 14.0. The van der Waals surface area contributed by atoms with Crippen molar-refractivity contribution in [1.29, 1.82) is 0 Å². The molecule has 250 valence electrons. The fourth-order valence-electron chi connectivity index (χ4n) is 8.41. The van der Waals surface area contributed by atoms with Crippen LogP contribution in [0.5, 0.6) is 5.75 Å². The van der Waals surface area contributed by atoms with E-state index in [4.69, 9.17) is 5.73 Å². The average molecular weight is 646 g/mol. The first-order valence-electron chi connectivity index (χ1n) is 16.1. The number of nitrogens with two attached hydrogens (primary N) is 1. The molecule has 1 amide bonds. The van der Waals surface area contributed by atoms with Crippen LogP contribution in [-0.4, -0.2) is 120 Å². The molecular formula is C35H43N5O7. The maximum Gasteiger partial charge on any atom is 0.235 e. The lowest BCUT2D eigenvalue weighted by Gasteiger charge is -2.52. The van der Waals surface area contributed by atoms with Crippen LogP contribution in [-0.2, 0) is 38.7 Å². The van der Waals surface area contributed by atoms with Crippen molar-refractivity contribution in [3.63, 3.8) is 0 Å². The van der Waals surface area contributed by atoms with E-state index >= 15 is 0 Å². The molecule has 47 heavy (non-hydrogen) atoms. The van der Waals surface area contributed by atoms with Crippen LogP contribution in [0.2, 0.25) is 0 Å². The van der Waals surface area contributed by atoms with E-state index in [0.29, 0.717) is 17.7 Å². The number of carbonyl (C=O) groups excluding carboxylic acids is 5. The van der Waals surface area contributed by atoms with Gasteiger partial charge in [0.25, 0.3) is 0 Å². The fraction of sp³-hybridized carbons (Fsp3) is 0.514. The molecule has 12 nitrogen and oxygen atoms in total. The third kappa shape index (κ3) is 5.37. The number of nitrogens with zero attached hydrogens (tertiary/aromatic N) is 4. The van der Waals surface area contributed by atoms with Gasteiger partial charge in [0.15, 0.2) is 34.7 Å². The maximum absolute atomic E-state index is 14.3. The minimum absolute atomic E-state index is 0.0204. The van der Waals surface area contributed by atoms with Gasteiger partial charge in [-0.15, -0.1) is 0 Å². The van der Waals surface area contributed by atoms with Crippen LogP contribution in [0, 0.1) is 23.7 Å². The molecule has 12 heteroatoms. The van der Waals surface area contributed by atoms with E-state index in [-0.39, 0.29) is 24.2 Å². The third-order valence-electron chi connectivity index (χ3n) is 10.7. The van der Waals surface area contributed by atoms with Crippen LogP contribution >= 0.6 is 0 Å². The number of Topliss-reactive ketones (excluding diaryl/α,β-unsaturated/α-hetero) is 4. The molecule has 6 atom stereocenters. The van der Waals surface area contributed by atoms with Gasteiger partial charge in [-0.25, -0.2) is 0 Å². The number of fused-ring (bicyclic) bond motifs is 3.